The fourth-order valence-electron chi connectivity index (χ4n) is 6.43. The third-order valence-corrected chi connectivity index (χ3v) is 7.70. The van der Waals surface area contributed by atoms with E-state index in [-0.39, 0.29) is 18.0 Å². The highest BCUT2D eigenvalue weighted by atomic mass is 16.5. The van der Waals surface area contributed by atoms with Crippen LogP contribution in [0.15, 0.2) is 36.4 Å². The quantitative estimate of drug-likeness (QED) is 0.489. The van der Waals surface area contributed by atoms with Crippen molar-refractivity contribution in [1.29, 1.82) is 0 Å². The van der Waals surface area contributed by atoms with Crippen LogP contribution in [0.4, 0.5) is 0 Å². The molecule has 3 nitrogen and oxygen atoms in total. The number of hydrogen-bond acceptors (Lipinski definition) is 2. The first-order chi connectivity index (χ1) is 13.7. The monoisotopic (exact) mass is 382 g/mol. The number of allylic oxidation sites excluding steroid dienone is 1. The maximum atomic E-state index is 13.2. The second kappa shape index (κ2) is 8.41. The summed E-state index contributed by atoms with van der Waals surface area (Å²) in [5.41, 5.74) is 2.36. The zero-order chi connectivity index (χ0) is 19.6. The van der Waals surface area contributed by atoms with Crippen molar-refractivity contribution in [3.8, 4) is 0 Å². The highest BCUT2D eigenvalue weighted by molar-refractivity contribution is 5.89. The van der Waals surface area contributed by atoms with Crippen molar-refractivity contribution in [2.24, 2.45) is 5.92 Å². The average molecular weight is 383 g/mol. The lowest BCUT2D eigenvalue weighted by Gasteiger charge is -2.49. The zero-order valence-corrected chi connectivity index (χ0v) is 17.6. The summed E-state index contributed by atoms with van der Waals surface area (Å²) in [7, 11) is 0. The lowest BCUT2D eigenvalue weighted by atomic mass is 9.83. The number of esters is 1. The van der Waals surface area contributed by atoms with Gasteiger partial charge in [-0.1, -0.05) is 43.3 Å². The summed E-state index contributed by atoms with van der Waals surface area (Å²) in [6.07, 6.45) is 11.4. The Bertz CT molecular complexity index is 697. The molecule has 3 heteroatoms. The molecule has 28 heavy (non-hydrogen) atoms. The van der Waals surface area contributed by atoms with Crippen molar-refractivity contribution in [3.05, 3.63) is 42.0 Å². The molecule has 0 saturated carbocycles. The van der Waals surface area contributed by atoms with Crippen LogP contribution in [0.25, 0.3) is 5.57 Å². The van der Waals surface area contributed by atoms with Crippen molar-refractivity contribution < 1.29 is 14.0 Å². The third-order valence-electron chi connectivity index (χ3n) is 7.70. The summed E-state index contributed by atoms with van der Waals surface area (Å²) in [6, 6.07) is 11.8. The lowest BCUT2D eigenvalue weighted by molar-refractivity contribution is -0.965. The van der Waals surface area contributed by atoms with Gasteiger partial charge in [-0.3, -0.25) is 4.79 Å². The summed E-state index contributed by atoms with van der Waals surface area (Å²) >= 11 is 0. The van der Waals surface area contributed by atoms with E-state index in [0.717, 1.165) is 32.1 Å². The van der Waals surface area contributed by atoms with E-state index >= 15 is 0 Å². The molecule has 2 bridgehead atoms. The summed E-state index contributed by atoms with van der Waals surface area (Å²) in [5.74, 6) is -0.0667. The van der Waals surface area contributed by atoms with Gasteiger partial charge in [-0.15, -0.1) is 0 Å². The molecule has 3 unspecified atom stereocenters. The van der Waals surface area contributed by atoms with Crippen molar-refractivity contribution >= 4 is 11.5 Å². The number of quaternary nitrogens is 1. The van der Waals surface area contributed by atoms with E-state index in [1.54, 1.807) is 0 Å². The second-order valence-electron chi connectivity index (χ2n) is 9.07. The summed E-state index contributed by atoms with van der Waals surface area (Å²) < 4.78 is 7.47. The van der Waals surface area contributed by atoms with E-state index in [9.17, 15) is 4.79 Å². The van der Waals surface area contributed by atoms with Gasteiger partial charge >= 0.3 is 5.97 Å². The average Bonchev–Trinajstić information content (AvgIpc) is 2.91. The van der Waals surface area contributed by atoms with Gasteiger partial charge in [0.25, 0.3) is 0 Å². The first-order valence-corrected chi connectivity index (χ1v) is 11.5. The van der Waals surface area contributed by atoms with Crippen LogP contribution >= 0.6 is 0 Å². The van der Waals surface area contributed by atoms with Gasteiger partial charge in [0.15, 0.2) is 0 Å². The number of fused-ring (bicyclic) bond motifs is 2. The van der Waals surface area contributed by atoms with Gasteiger partial charge in [-0.05, 0) is 43.7 Å². The Labute approximate surface area is 170 Å². The number of ether oxygens (including phenoxy) is 1. The minimum atomic E-state index is -0.0863. The van der Waals surface area contributed by atoms with E-state index in [1.165, 1.54) is 48.0 Å². The fraction of sp³-hybridized carbons (Fsp3) is 0.640. The topological polar surface area (TPSA) is 26.3 Å². The molecular weight excluding hydrogens is 346 g/mol. The van der Waals surface area contributed by atoms with Crippen LogP contribution < -0.4 is 0 Å². The van der Waals surface area contributed by atoms with Crippen molar-refractivity contribution in [2.45, 2.75) is 83.4 Å². The molecule has 0 amide bonds. The standard InChI is InChI=1S/C25H36NO2/c1-3-16-26(4-2)20-14-15-21(26)18-22(17-20)28-25(27)24-13-9-8-12-23(24)19-10-6-5-7-11-19/h5-7,10-12,20-22,24H,3-4,8-9,13-18H2,1-2H3/q+1. The highest BCUT2D eigenvalue weighted by Gasteiger charge is 2.53. The molecule has 0 N–H and O–H groups in total. The fourth-order valence-corrected chi connectivity index (χ4v) is 6.43. The Morgan fingerprint density at radius 2 is 1.79 bits per heavy atom. The molecule has 0 aromatic heterocycles. The van der Waals surface area contributed by atoms with Gasteiger partial charge in [0.2, 0.25) is 0 Å². The van der Waals surface area contributed by atoms with Crippen LogP contribution in [0.5, 0.6) is 0 Å². The van der Waals surface area contributed by atoms with Gasteiger partial charge < -0.3 is 9.22 Å². The van der Waals surface area contributed by atoms with Crippen molar-refractivity contribution in [1.82, 2.24) is 0 Å². The van der Waals surface area contributed by atoms with E-state index in [1.807, 2.05) is 6.07 Å². The molecule has 3 aliphatic rings. The Kier molecular flexibility index (Phi) is 5.91. The maximum Gasteiger partial charge on any atom is 0.313 e. The molecule has 2 fully saturated rings. The summed E-state index contributed by atoms with van der Waals surface area (Å²) in [5, 5.41) is 0. The Hall–Kier alpha value is -1.61. The van der Waals surface area contributed by atoms with E-state index in [2.05, 4.69) is 44.2 Å². The number of piperidine rings is 1. The number of carbonyl (C=O) groups excluding carboxylic acids is 1. The predicted octanol–water partition coefficient (Wildman–Crippen LogP) is 5.35. The maximum absolute atomic E-state index is 13.2. The number of nitrogens with zero attached hydrogens (tertiary/aromatic N) is 1. The second-order valence-corrected chi connectivity index (χ2v) is 9.07. The van der Waals surface area contributed by atoms with E-state index in [4.69, 9.17) is 4.74 Å². The normalized spacial score (nSPS) is 34.7. The number of benzene rings is 1. The van der Waals surface area contributed by atoms with Gasteiger partial charge in [-0.2, -0.15) is 0 Å². The molecular formula is C25H36NO2+. The van der Waals surface area contributed by atoms with Crippen LogP contribution in [-0.2, 0) is 9.53 Å². The smallest absolute Gasteiger partial charge is 0.313 e. The molecule has 0 radical (unpaired) electrons. The minimum Gasteiger partial charge on any atom is -0.461 e. The van der Waals surface area contributed by atoms with Gasteiger partial charge in [0.1, 0.15) is 6.10 Å². The van der Waals surface area contributed by atoms with Crippen LogP contribution in [0.1, 0.15) is 70.8 Å². The van der Waals surface area contributed by atoms with E-state index in [0.29, 0.717) is 12.1 Å². The van der Waals surface area contributed by atoms with Gasteiger partial charge in [-0.25, -0.2) is 0 Å². The summed E-state index contributed by atoms with van der Waals surface area (Å²) in [6.45, 7) is 7.18. The van der Waals surface area contributed by atoms with Crippen LogP contribution in [0.2, 0.25) is 0 Å². The zero-order valence-electron chi connectivity index (χ0n) is 17.6. The predicted molar refractivity (Wildman–Crippen MR) is 114 cm³/mol. The van der Waals surface area contributed by atoms with E-state index < -0.39 is 0 Å². The molecule has 1 aromatic rings. The number of rotatable bonds is 6. The molecule has 4 rings (SSSR count). The van der Waals surface area contributed by atoms with Crippen LogP contribution in [-0.4, -0.2) is 41.7 Å². The SMILES string of the molecule is CCC[N+]1(CC)C2CCC1CC(OC(=O)C1CCCC=C1c1ccccc1)C2. The highest BCUT2D eigenvalue weighted by Crippen LogP contribution is 2.44. The molecule has 1 aliphatic carbocycles. The summed E-state index contributed by atoms with van der Waals surface area (Å²) in [4.78, 5) is 13.2. The first kappa shape index (κ1) is 19.7. The lowest BCUT2D eigenvalue weighted by Crippen LogP contribution is -2.61. The molecule has 152 valence electrons. The molecule has 1 aromatic carbocycles. The molecule has 2 heterocycles. The van der Waals surface area contributed by atoms with Gasteiger partial charge in [0.05, 0.1) is 31.1 Å². The number of hydrogen-bond donors (Lipinski definition) is 0. The van der Waals surface area contributed by atoms with Gasteiger partial charge in [0, 0.05) is 25.7 Å². The molecule has 2 saturated heterocycles. The third kappa shape index (κ3) is 3.54. The Morgan fingerprint density at radius 1 is 1.07 bits per heavy atom. The largest absolute Gasteiger partial charge is 0.461 e. The van der Waals surface area contributed by atoms with Crippen LogP contribution in [0.3, 0.4) is 0 Å². The Balaban J connectivity index is 1.45. The minimum absolute atomic E-state index is 0.0196. The molecule has 2 aliphatic heterocycles. The number of carbonyl (C=O) groups is 1. The van der Waals surface area contributed by atoms with Crippen molar-refractivity contribution in [2.75, 3.05) is 13.1 Å². The van der Waals surface area contributed by atoms with Crippen LogP contribution in [0, 0.1) is 5.92 Å². The molecule has 0 spiro atoms. The molecule has 3 atom stereocenters. The van der Waals surface area contributed by atoms with Crippen molar-refractivity contribution in [3.63, 3.8) is 0 Å². The Morgan fingerprint density at radius 3 is 2.43 bits per heavy atom. The first-order valence-electron chi connectivity index (χ1n) is 11.5.